The van der Waals surface area contributed by atoms with Gasteiger partial charge in [0.2, 0.25) is 0 Å². The molecule has 0 aliphatic heterocycles. The molecule has 37 heavy (non-hydrogen) atoms. The summed E-state index contributed by atoms with van der Waals surface area (Å²) >= 11 is 1.15. The van der Waals surface area contributed by atoms with Crippen molar-refractivity contribution < 1.29 is 38.5 Å². The van der Waals surface area contributed by atoms with Crippen molar-refractivity contribution in [3.63, 3.8) is 0 Å². The van der Waals surface area contributed by atoms with Crippen LogP contribution in [-0.4, -0.2) is 59.7 Å². The second-order valence-corrected chi connectivity index (χ2v) is 8.62. The van der Waals surface area contributed by atoms with E-state index in [0.29, 0.717) is 21.4 Å². The molecule has 0 fully saturated rings. The van der Waals surface area contributed by atoms with Gasteiger partial charge in [-0.15, -0.1) is 11.3 Å². The number of aliphatic hydroxyl groups is 1. The number of aliphatic hydroxyl groups excluding tert-OH is 1. The number of carbonyl (C=O) groups is 3. The molecule has 2 heterocycles. The van der Waals surface area contributed by atoms with E-state index >= 15 is 0 Å². The number of hydrogen-bond donors (Lipinski definition) is 3. The van der Waals surface area contributed by atoms with Crippen LogP contribution < -0.4 is 14.8 Å². The second-order valence-electron chi connectivity index (χ2n) is 7.74. The fraction of sp³-hybridized carbons (Fsp3) is 0.154. The number of halogens is 1. The minimum absolute atomic E-state index is 0.0525. The lowest BCUT2D eigenvalue weighted by Gasteiger charge is -2.12. The van der Waals surface area contributed by atoms with Gasteiger partial charge in [0, 0.05) is 21.9 Å². The van der Waals surface area contributed by atoms with Crippen LogP contribution in [-0.2, 0) is 0 Å². The second kappa shape index (κ2) is 11.1. The molecule has 9 nitrogen and oxygen atoms in total. The number of carbonyl (C=O) groups excluding carboxylic acids is 2. The number of ketones is 1. The van der Waals surface area contributed by atoms with Gasteiger partial charge >= 0.3 is 5.97 Å². The number of ether oxygens (including phenoxy) is 2. The maximum absolute atomic E-state index is 14.1. The number of Topliss-reactive ketones (excluding diaryl/α,β-unsaturated/α-hetero) is 1. The predicted octanol–water partition coefficient (Wildman–Crippen LogP) is 3.79. The van der Waals surface area contributed by atoms with E-state index in [-0.39, 0.29) is 41.5 Å². The van der Waals surface area contributed by atoms with Crippen molar-refractivity contribution >= 4 is 39.1 Å². The van der Waals surface area contributed by atoms with Crippen molar-refractivity contribution in [2.75, 3.05) is 26.9 Å². The summed E-state index contributed by atoms with van der Waals surface area (Å²) in [5.41, 5.74) is 0.571. The van der Waals surface area contributed by atoms with Crippen molar-refractivity contribution in [3.8, 4) is 22.8 Å². The van der Waals surface area contributed by atoms with Crippen LogP contribution in [0.25, 0.3) is 21.3 Å². The summed E-state index contributed by atoms with van der Waals surface area (Å²) in [7, 11) is 1.40. The van der Waals surface area contributed by atoms with Crippen molar-refractivity contribution in [2.24, 2.45) is 0 Å². The smallest absolute Gasteiger partial charge is 0.335 e. The summed E-state index contributed by atoms with van der Waals surface area (Å²) in [6.45, 7) is -0.582. The highest BCUT2D eigenvalue weighted by Gasteiger charge is 2.19. The van der Waals surface area contributed by atoms with Gasteiger partial charge < -0.3 is 25.0 Å². The molecule has 11 heteroatoms. The zero-order valence-corrected chi connectivity index (χ0v) is 20.3. The molecule has 2 aromatic heterocycles. The summed E-state index contributed by atoms with van der Waals surface area (Å²) in [5, 5.41) is 23.2. The molecule has 190 valence electrons. The molecule has 0 radical (unpaired) electrons. The van der Waals surface area contributed by atoms with Crippen LogP contribution in [0.2, 0.25) is 0 Å². The number of pyridine rings is 1. The van der Waals surface area contributed by atoms with Crippen molar-refractivity contribution in [1.29, 1.82) is 0 Å². The largest absolute Gasteiger partial charge is 0.493 e. The summed E-state index contributed by atoms with van der Waals surface area (Å²) in [4.78, 5) is 41.6. The minimum Gasteiger partial charge on any atom is -0.493 e. The highest BCUT2D eigenvalue weighted by Crippen LogP contribution is 2.35. The van der Waals surface area contributed by atoms with Gasteiger partial charge in [0.05, 0.1) is 36.2 Å². The van der Waals surface area contributed by atoms with Crippen LogP contribution in [0.4, 0.5) is 4.39 Å². The summed E-state index contributed by atoms with van der Waals surface area (Å²) in [6.07, 6.45) is 0. The number of thiophene rings is 1. The lowest BCUT2D eigenvalue weighted by molar-refractivity contribution is 0.0696. The van der Waals surface area contributed by atoms with Crippen LogP contribution in [0.1, 0.15) is 31.2 Å². The maximum Gasteiger partial charge on any atom is 0.335 e. The molecule has 2 aromatic carbocycles. The number of benzene rings is 2. The number of aromatic carboxylic acids is 1. The van der Waals surface area contributed by atoms with Crippen LogP contribution in [0, 0.1) is 5.82 Å². The van der Waals surface area contributed by atoms with Crippen molar-refractivity contribution in [1.82, 2.24) is 10.3 Å². The lowest BCUT2D eigenvalue weighted by atomic mass is 10.1. The normalized spacial score (nSPS) is 10.8. The first-order chi connectivity index (χ1) is 17.8. The molecule has 0 saturated heterocycles. The van der Waals surface area contributed by atoms with Gasteiger partial charge in [-0.2, -0.15) is 0 Å². The number of aromatic nitrogens is 1. The number of amides is 1. The lowest BCUT2D eigenvalue weighted by Crippen LogP contribution is -2.30. The van der Waals surface area contributed by atoms with E-state index in [0.717, 1.165) is 17.4 Å². The zero-order chi connectivity index (χ0) is 26.5. The van der Waals surface area contributed by atoms with E-state index in [4.69, 9.17) is 14.6 Å². The van der Waals surface area contributed by atoms with Crippen molar-refractivity contribution in [2.45, 2.75) is 0 Å². The van der Waals surface area contributed by atoms with Crippen LogP contribution in [0.5, 0.6) is 11.5 Å². The molecule has 0 aliphatic carbocycles. The Kier molecular flexibility index (Phi) is 7.75. The number of nitrogens with zero attached hydrogens (tertiary/aromatic N) is 1. The molecular formula is C26H21FN2O7S. The standard InChI is InChI=1S/C26H21FN2O7S/c1-35-23-11-14(5-6-22(23)36-8-7-30)25(32)28-12-21(31)20-10-15(26(33)34)9-19(29-20)17-13-37-24-16(17)3-2-4-18(24)27/h2-6,9-11,13,30H,7-8,12H2,1H3,(H,28,32)(H,33,34). The van der Waals surface area contributed by atoms with Gasteiger partial charge in [0.25, 0.3) is 5.91 Å². The first-order valence-corrected chi connectivity index (χ1v) is 11.8. The highest BCUT2D eigenvalue weighted by molar-refractivity contribution is 7.17. The van der Waals surface area contributed by atoms with Gasteiger partial charge in [-0.05, 0) is 36.4 Å². The molecule has 0 bridgehead atoms. The Morgan fingerprint density at radius 1 is 1.08 bits per heavy atom. The minimum atomic E-state index is -1.26. The van der Waals surface area contributed by atoms with E-state index in [9.17, 15) is 23.9 Å². The Labute approximate surface area is 214 Å². The molecule has 1 amide bonds. The van der Waals surface area contributed by atoms with E-state index in [1.54, 1.807) is 11.4 Å². The van der Waals surface area contributed by atoms with Gasteiger partial charge in [0.1, 0.15) is 18.1 Å². The number of hydrogen-bond acceptors (Lipinski definition) is 8. The fourth-order valence-corrected chi connectivity index (χ4v) is 4.56. The average molecular weight is 525 g/mol. The number of carboxylic acid groups (broad SMARTS) is 1. The molecule has 0 spiro atoms. The topological polar surface area (TPSA) is 135 Å². The van der Waals surface area contributed by atoms with E-state index in [1.807, 2.05) is 0 Å². The molecule has 4 aromatic rings. The van der Waals surface area contributed by atoms with Gasteiger partial charge in [-0.3, -0.25) is 9.59 Å². The number of methoxy groups -OCH3 is 1. The Bertz CT molecular complexity index is 1500. The summed E-state index contributed by atoms with van der Waals surface area (Å²) in [6, 6.07) is 11.4. The first kappa shape index (κ1) is 25.7. The van der Waals surface area contributed by atoms with Crippen molar-refractivity contribution in [3.05, 3.63) is 76.5 Å². The van der Waals surface area contributed by atoms with Crippen LogP contribution >= 0.6 is 11.3 Å². The SMILES string of the molecule is COc1cc(C(=O)NCC(=O)c2cc(C(=O)O)cc(-c3csc4c(F)cccc34)n2)ccc1OCCO. The van der Waals surface area contributed by atoms with Gasteiger partial charge in [0.15, 0.2) is 17.3 Å². The molecule has 0 atom stereocenters. The highest BCUT2D eigenvalue weighted by atomic mass is 32.1. The van der Waals surface area contributed by atoms with E-state index in [1.165, 1.54) is 43.5 Å². The maximum atomic E-state index is 14.1. The van der Waals surface area contributed by atoms with E-state index < -0.39 is 30.0 Å². The Balaban J connectivity index is 1.56. The third-order valence-electron chi connectivity index (χ3n) is 5.37. The monoisotopic (exact) mass is 524 g/mol. The van der Waals surface area contributed by atoms with Crippen LogP contribution in [0.3, 0.4) is 0 Å². The Morgan fingerprint density at radius 2 is 1.89 bits per heavy atom. The first-order valence-electron chi connectivity index (χ1n) is 11.0. The molecular weight excluding hydrogens is 503 g/mol. The molecule has 0 saturated carbocycles. The summed E-state index contributed by atoms with van der Waals surface area (Å²) in [5.74, 6) is -2.25. The number of nitrogens with one attached hydrogen (secondary N) is 1. The predicted molar refractivity (Wildman–Crippen MR) is 134 cm³/mol. The molecule has 3 N–H and O–H groups in total. The third kappa shape index (κ3) is 5.57. The Morgan fingerprint density at radius 3 is 2.62 bits per heavy atom. The van der Waals surface area contributed by atoms with Crippen LogP contribution in [0.15, 0.2) is 53.9 Å². The number of rotatable bonds is 10. The average Bonchev–Trinajstić information content (AvgIpc) is 3.35. The third-order valence-corrected chi connectivity index (χ3v) is 6.37. The quantitative estimate of drug-likeness (QED) is 0.267. The van der Waals surface area contributed by atoms with Gasteiger partial charge in [-0.1, -0.05) is 12.1 Å². The molecule has 0 unspecified atom stereocenters. The molecule has 0 aliphatic rings. The van der Waals surface area contributed by atoms with Gasteiger partial charge in [-0.25, -0.2) is 14.2 Å². The zero-order valence-electron chi connectivity index (χ0n) is 19.5. The van der Waals surface area contributed by atoms with E-state index in [2.05, 4.69) is 10.3 Å². The Hall–Kier alpha value is -4.35. The molecule has 4 rings (SSSR count). The fourth-order valence-electron chi connectivity index (χ4n) is 3.59. The summed E-state index contributed by atoms with van der Waals surface area (Å²) < 4.78 is 25.1. The number of fused-ring (bicyclic) bond motifs is 1. The number of carboxylic acids is 1.